The van der Waals surface area contributed by atoms with Gasteiger partial charge >= 0.3 is 0 Å². The lowest BCUT2D eigenvalue weighted by atomic mass is 10.0. The lowest BCUT2D eigenvalue weighted by Gasteiger charge is -2.16. The Morgan fingerprint density at radius 2 is 1.95 bits per heavy atom. The van der Waals surface area contributed by atoms with E-state index in [1.165, 1.54) is 0 Å². The average molecular weight is 264 g/mol. The highest BCUT2D eigenvalue weighted by atomic mass is 16.1. The van der Waals surface area contributed by atoms with Gasteiger partial charge in [0.1, 0.15) is 0 Å². The molecular formula is C17H16N2O. The number of carbonyl (C=O) groups excluding carboxylic acids is 1. The van der Waals surface area contributed by atoms with E-state index in [1.54, 1.807) is 24.3 Å². The van der Waals surface area contributed by atoms with Crippen molar-refractivity contribution in [1.29, 1.82) is 5.26 Å². The molecule has 20 heavy (non-hydrogen) atoms. The first kappa shape index (κ1) is 13.8. The maximum absolute atomic E-state index is 12.2. The number of benzene rings is 2. The van der Waals surface area contributed by atoms with Crippen LogP contribution in [0.2, 0.25) is 0 Å². The normalized spacial score (nSPS) is 11.4. The Kier molecular flexibility index (Phi) is 4.17. The van der Waals surface area contributed by atoms with Crippen LogP contribution >= 0.6 is 0 Å². The number of amides is 1. The highest BCUT2D eigenvalue weighted by molar-refractivity contribution is 5.94. The Morgan fingerprint density at radius 1 is 1.20 bits per heavy atom. The van der Waals surface area contributed by atoms with Crippen LogP contribution in [0.4, 0.5) is 0 Å². The molecule has 100 valence electrons. The number of nitrogens with one attached hydrogen (secondary N) is 1. The molecule has 3 nitrogen and oxygen atoms in total. The Hall–Kier alpha value is -2.60. The molecule has 0 saturated heterocycles. The zero-order valence-corrected chi connectivity index (χ0v) is 11.6. The minimum atomic E-state index is -0.169. The number of rotatable bonds is 3. The van der Waals surface area contributed by atoms with E-state index in [1.807, 2.05) is 44.2 Å². The van der Waals surface area contributed by atoms with Crippen LogP contribution < -0.4 is 5.32 Å². The van der Waals surface area contributed by atoms with Gasteiger partial charge in [-0.1, -0.05) is 30.3 Å². The van der Waals surface area contributed by atoms with E-state index >= 15 is 0 Å². The molecule has 1 N–H and O–H groups in total. The first-order valence-electron chi connectivity index (χ1n) is 6.48. The lowest BCUT2D eigenvalue weighted by molar-refractivity contribution is 0.0940. The molecule has 0 saturated carbocycles. The maximum atomic E-state index is 12.2. The molecule has 0 aromatic heterocycles. The molecule has 1 atom stereocenters. The molecule has 0 fully saturated rings. The standard InChI is InChI=1S/C17H16N2O/c1-12-6-3-4-9-16(12)13(2)19-17(20)15-8-5-7-14(10-15)11-18/h3-10,13H,1-2H3,(H,19,20). The van der Waals surface area contributed by atoms with E-state index in [0.717, 1.165) is 11.1 Å². The predicted octanol–water partition coefficient (Wildman–Crippen LogP) is 3.36. The van der Waals surface area contributed by atoms with Crippen molar-refractivity contribution >= 4 is 5.91 Å². The van der Waals surface area contributed by atoms with E-state index in [0.29, 0.717) is 11.1 Å². The molecule has 1 unspecified atom stereocenters. The number of hydrogen-bond donors (Lipinski definition) is 1. The van der Waals surface area contributed by atoms with Gasteiger partial charge in [0.25, 0.3) is 5.91 Å². The number of nitrogens with zero attached hydrogens (tertiary/aromatic N) is 1. The van der Waals surface area contributed by atoms with Gasteiger partial charge in [0.05, 0.1) is 17.7 Å². The van der Waals surface area contributed by atoms with Crippen LogP contribution in [0.1, 0.15) is 40.0 Å². The fourth-order valence-corrected chi connectivity index (χ4v) is 2.16. The monoisotopic (exact) mass is 264 g/mol. The molecule has 1 amide bonds. The molecule has 0 aliphatic carbocycles. The van der Waals surface area contributed by atoms with Crippen LogP contribution in [0, 0.1) is 18.3 Å². The van der Waals surface area contributed by atoms with Gasteiger partial charge in [0.15, 0.2) is 0 Å². The van der Waals surface area contributed by atoms with Crippen LogP contribution in [-0.2, 0) is 0 Å². The van der Waals surface area contributed by atoms with Gasteiger partial charge in [-0.15, -0.1) is 0 Å². The van der Waals surface area contributed by atoms with Crippen LogP contribution in [0.3, 0.4) is 0 Å². The number of nitriles is 1. The first-order valence-corrected chi connectivity index (χ1v) is 6.48. The molecule has 0 radical (unpaired) electrons. The number of aryl methyl sites for hydroxylation is 1. The van der Waals surface area contributed by atoms with Gasteiger partial charge in [-0.05, 0) is 43.2 Å². The summed E-state index contributed by atoms with van der Waals surface area (Å²) in [6.45, 7) is 3.97. The van der Waals surface area contributed by atoms with Crippen LogP contribution in [0.15, 0.2) is 48.5 Å². The van der Waals surface area contributed by atoms with E-state index < -0.39 is 0 Å². The van der Waals surface area contributed by atoms with Gasteiger partial charge in [-0.3, -0.25) is 4.79 Å². The van der Waals surface area contributed by atoms with Crippen molar-refractivity contribution in [2.75, 3.05) is 0 Å². The summed E-state index contributed by atoms with van der Waals surface area (Å²) in [5.74, 6) is -0.169. The second-order valence-corrected chi connectivity index (χ2v) is 4.74. The largest absolute Gasteiger partial charge is 0.346 e. The summed E-state index contributed by atoms with van der Waals surface area (Å²) in [5.41, 5.74) is 3.23. The highest BCUT2D eigenvalue weighted by Crippen LogP contribution is 2.17. The smallest absolute Gasteiger partial charge is 0.251 e. The first-order chi connectivity index (χ1) is 9.61. The van der Waals surface area contributed by atoms with Gasteiger partial charge in [-0.2, -0.15) is 5.26 Å². The lowest BCUT2D eigenvalue weighted by Crippen LogP contribution is -2.27. The van der Waals surface area contributed by atoms with Crippen LogP contribution in [-0.4, -0.2) is 5.91 Å². The van der Waals surface area contributed by atoms with Gasteiger partial charge in [0, 0.05) is 5.56 Å². The number of carbonyl (C=O) groups is 1. The molecule has 3 heteroatoms. The Balaban J connectivity index is 2.15. The highest BCUT2D eigenvalue weighted by Gasteiger charge is 2.13. The maximum Gasteiger partial charge on any atom is 0.251 e. The summed E-state index contributed by atoms with van der Waals surface area (Å²) >= 11 is 0. The molecule has 0 heterocycles. The molecule has 2 rings (SSSR count). The van der Waals surface area contributed by atoms with Gasteiger partial charge in [-0.25, -0.2) is 0 Å². The Labute approximate surface area is 118 Å². The minimum absolute atomic E-state index is 0.0746. The van der Waals surface area contributed by atoms with E-state index in [9.17, 15) is 4.79 Å². The molecule has 2 aromatic carbocycles. The van der Waals surface area contributed by atoms with Crippen molar-refractivity contribution < 1.29 is 4.79 Å². The fraction of sp³-hybridized carbons (Fsp3) is 0.176. The summed E-state index contributed by atoms with van der Waals surface area (Å²) in [4.78, 5) is 12.2. The zero-order valence-electron chi connectivity index (χ0n) is 11.6. The third-order valence-corrected chi connectivity index (χ3v) is 3.26. The molecule has 0 bridgehead atoms. The second kappa shape index (κ2) is 6.03. The molecular weight excluding hydrogens is 248 g/mol. The topological polar surface area (TPSA) is 52.9 Å². The quantitative estimate of drug-likeness (QED) is 0.924. The van der Waals surface area contributed by atoms with Crippen molar-refractivity contribution in [3.63, 3.8) is 0 Å². The second-order valence-electron chi connectivity index (χ2n) is 4.74. The molecule has 2 aromatic rings. The van der Waals surface area contributed by atoms with E-state index in [4.69, 9.17) is 5.26 Å². The fourth-order valence-electron chi connectivity index (χ4n) is 2.16. The van der Waals surface area contributed by atoms with E-state index in [-0.39, 0.29) is 11.9 Å². The molecule has 0 aliphatic heterocycles. The van der Waals surface area contributed by atoms with Crippen LogP contribution in [0.25, 0.3) is 0 Å². The summed E-state index contributed by atoms with van der Waals surface area (Å²) in [5, 5.41) is 11.8. The van der Waals surface area contributed by atoms with Crippen molar-refractivity contribution in [3.05, 3.63) is 70.8 Å². The van der Waals surface area contributed by atoms with Gasteiger partial charge in [0.2, 0.25) is 0 Å². The zero-order chi connectivity index (χ0) is 14.5. The van der Waals surface area contributed by atoms with Crippen LogP contribution in [0.5, 0.6) is 0 Å². The average Bonchev–Trinajstić information content (AvgIpc) is 2.47. The van der Waals surface area contributed by atoms with E-state index in [2.05, 4.69) is 5.32 Å². The van der Waals surface area contributed by atoms with Crippen molar-refractivity contribution in [1.82, 2.24) is 5.32 Å². The van der Waals surface area contributed by atoms with Crippen molar-refractivity contribution in [2.24, 2.45) is 0 Å². The third kappa shape index (κ3) is 3.04. The third-order valence-electron chi connectivity index (χ3n) is 3.26. The summed E-state index contributed by atoms with van der Waals surface area (Å²) in [6, 6.07) is 16.6. The van der Waals surface area contributed by atoms with Crippen molar-refractivity contribution in [2.45, 2.75) is 19.9 Å². The SMILES string of the molecule is Cc1ccccc1C(C)NC(=O)c1cccc(C#N)c1. The number of hydrogen-bond acceptors (Lipinski definition) is 2. The van der Waals surface area contributed by atoms with Crippen molar-refractivity contribution in [3.8, 4) is 6.07 Å². The Bertz CT molecular complexity index is 671. The van der Waals surface area contributed by atoms with Gasteiger partial charge < -0.3 is 5.32 Å². The Morgan fingerprint density at radius 3 is 2.65 bits per heavy atom. The molecule has 0 spiro atoms. The predicted molar refractivity (Wildman–Crippen MR) is 78.2 cm³/mol. The minimum Gasteiger partial charge on any atom is -0.346 e. The summed E-state index contributed by atoms with van der Waals surface area (Å²) in [7, 11) is 0. The summed E-state index contributed by atoms with van der Waals surface area (Å²) in [6.07, 6.45) is 0. The summed E-state index contributed by atoms with van der Waals surface area (Å²) < 4.78 is 0. The molecule has 0 aliphatic rings.